The van der Waals surface area contributed by atoms with Gasteiger partial charge in [-0.25, -0.2) is 5.43 Å². The summed E-state index contributed by atoms with van der Waals surface area (Å²) in [6.45, 7) is 0. The van der Waals surface area contributed by atoms with Crippen molar-refractivity contribution in [2.45, 2.75) is 12.6 Å². The van der Waals surface area contributed by atoms with Crippen LogP contribution in [0.1, 0.15) is 16.7 Å². The van der Waals surface area contributed by atoms with Crippen molar-refractivity contribution >= 4 is 23.7 Å². The summed E-state index contributed by atoms with van der Waals surface area (Å²) >= 11 is 5.77. The third-order valence-electron chi connectivity index (χ3n) is 3.00. The van der Waals surface area contributed by atoms with Crippen LogP contribution in [0.3, 0.4) is 0 Å². The molecule has 1 amide bonds. The number of hydrogen-bond donors (Lipinski definition) is 2. The van der Waals surface area contributed by atoms with Crippen LogP contribution in [0, 0.1) is 0 Å². The van der Waals surface area contributed by atoms with Crippen molar-refractivity contribution in [1.82, 2.24) is 5.43 Å². The van der Waals surface area contributed by atoms with Gasteiger partial charge < -0.3 is 5.11 Å². The molecule has 0 atom stereocenters. The van der Waals surface area contributed by atoms with E-state index in [4.69, 9.17) is 11.6 Å². The van der Waals surface area contributed by atoms with Gasteiger partial charge in [-0.15, -0.1) is 0 Å². The van der Waals surface area contributed by atoms with Gasteiger partial charge in [0.15, 0.2) is 0 Å². The first-order valence-electron chi connectivity index (χ1n) is 6.72. The Bertz CT molecular complexity index is 776. The maximum atomic E-state index is 12.6. The fourth-order valence-corrected chi connectivity index (χ4v) is 2.07. The van der Waals surface area contributed by atoms with Crippen LogP contribution in [0.15, 0.2) is 47.6 Å². The molecule has 0 aliphatic rings. The Kier molecular flexibility index (Phi) is 5.46. The average molecular weight is 357 g/mol. The van der Waals surface area contributed by atoms with E-state index in [2.05, 4.69) is 10.5 Å². The lowest BCUT2D eigenvalue weighted by atomic mass is 10.1. The molecule has 0 radical (unpaired) electrons. The molecule has 2 aromatic rings. The van der Waals surface area contributed by atoms with E-state index in [1.54, 1.807) is 0 Å². The molecule has 2 rings (SSSR count). The minimum atomic E-state index is -4.46. The van der Waals surface area contributed by atoms with Crippen LogP contribution < -0.4 is 5.43 Å². The zero-order valence-electron chi connectivity index (χ0n) is 12.1. The molecule has 0 fully saturated rings. The zero-order valence-corrected chi connectivity index (χ0v) is 12.9. The lowest BCUT2D eigenvalue weighted by molar-refractivity contribution is -0.137. The minimum Gasteiger partial charge on any atom is -0.507 e. The van der Waals surface area contributed by atoms with Gasteiger partial charge in [0, 0.05) is 10.6 Å². The Labute approximate surface area is 140 Å². The molecule has 2 aromatic carbocycles. The van der Waals surface area contributed by atoms with Gasteiger partial charge in [-0.05, 0) is 29.8 Å². The molecular weight excluding hydrogens is 345 g/mol. The van der Waals surface area contributed by atoms with Crippen molar-refractivity contribution in [3.63, 3.8) is 0 Å². The van der Waals surface area contributed by atoms with Gasteiger partial charge in [-0.3, -0.25) is 4.79 Å². The van der Waals surface area contributed by atoms with Gasteiger partial charge in [-0.1, -0.05) is 29.8 Å². The second-order valence-electron chi connectivity index (χ2n) is 4.87. The van der Waals surface area contributed by atoms with Crippen molar-refractivity contribution in [2.24, 2.45) is 5.10 Å². The molecule has 8 heteroatoms. The van der Waals surface area contributed by atoms with Crippen LogP contribution in [0.2, 0.25) is 5.02 Å². The highest BCUT2D eigenvalue weighted by Crippen LogP contribution is 2.29. The number of amides is 1. The maximum Gasteiger partial charge on any atom is 0.416 e. The topological polar surface area (TPSA) is 61.7 Å². The molecule has 0 saturated heterocycles. The second-order valence-corrected chi connectivity index (χ2v) is 5.31. The molecule has 0 aliphatic carbocycles. The van der Waals surface area contributed by atoms with E-state index < -0.39 is 17.6 Å². The molecule has 2 N–H and O–H groups in total. The smallest absolute Gasteiger partial charge is 0.416 e. The quantitative estimate of drug-likeness (QED) is 0.647. The fourth-order valence-electron chi connectivity index (χ4n) is 1.89. The number of hydrogen-bond acceptors (Lipinski definition) is 3. The Balaban J connectivity index is 1.99. The van der Waals surface area contributed by atoms with Crippen molar-refractivity contribution < 1.29 is 23.1 Å². The number of hydrazone groups is 1. The third kappa shape index (κ3) is 4.99. The Morgan fingerprint density at radius 3 is 2.71 bits per heavy atom. The first-order chi connectivity index (χ1) is 11.3. The molecule has 0 bridgehead atoms. The summed E-state index contributed by atoms with van der Waals surface area (Å²) in [6.07, 6.45) is -3.54. The molecule has 0 aromatic heterocycles. The van der Waals surface area contributed by atoms with Gasteiger partial charge in [0.05, 0.1) is 18.2 Å². The molecule has 0 aliphatic heterocycles. The van der Waals surface area contributed by atoms with Crippen LogP contribution in [-0.2, 0) is 17.4 Å². The van der Waals surface area contributed by atoms with E-state index in [1.165, 1.54) is 36.5 Å². The summed E-state index contributed by atoms with van der Waals surface area (Å²) < 4.78 is 37.8. The fraction of sp³-hybridized carbons (Fsp3) is 0.125. The molecule has 4 nitrogen and oxygen atoms in total. The number of phenolic OH excluding ortho intramolecular Hbond substituents is 1. The summed E-state index contributed by atoms with van der Waals surface area (Å²) in [7, 11) is 0. The van der Waals surface area contributed by atoms with Crippen molar-refractivity contribution in [3.05, 3.63) is 64.2 Å². The molecule has 0 spiro atoms. The largest absolute Gasteiger partial charge is 0.507 e. The number of aromatic hydroxyl groups is 1. The summed E-state index contributed by atoms with van der Waals surface area (Å²) in [5, 5.41) is 13.6. The standard InChI is InChI=1S/C16H12ClF3N2O2/c17-13-4-5-14(23)11(8-13)9-21-22-15(24)7-10-2-1-3-12(6-10)16(18,19)20/h1-6,8-9,23H,7H2,(H,22,24)/b21-9+. The Hall–Kier alpha value is -2.54. The molecular formula is C16H12ClF3N2O2. The number of rotatable bonds is 4. The highest BCUT2D eigenvalue weighted by Gasteiger charge is 2.30. The Morgan fingerprint density at radius 1 is 1.25 bits per heavy atom. The van der Waals surface area contributed by atoms with Gasteiger partial charge in [0.1, 0.15) is 5.75 Å². The zero-order chi connectivity index (χ0) is 17.7. The van der Waals surface area contributed by atoms with Crippen molar-refractivity contribution in [2.75, 3.05) is 0 Å². The number of phenols is 1. The minimum absolute atomic E-state index is 0.0738. The van der Waals surface area contributed by atoms with Crippen molar-refractivity contribution in [1.29, 1.82) is 0 Å². The number of carbonyl (C=O) groups excluding carboxylic acids is 1. The van der Waals surface area contributed by atoms with Gasteiger partial charge >= 0.3 is 6.18 Å². The number of nitrogens with zero attached hydrogens (tertiary/aromatic N) is 1. The van der Waals surface area contributed by atoms with E-state index in [-0.39, 0.29) is 17.7 Å². The van der Waals surface area contributed by atoms with E-state index >= 15 is 0 Å². The third-order valence-corrected chi connectivity index (χ3v) is 3.24. The van der Waals surface area contributed by atoms with Crippen molar-refractivity contribution in [3.8, 4) is 5.75 Å². The Morgan fingerprint density at radius 2 is 2.00 bits per heavy atom. The number of benzene rings is 2. The summed E-state index contributed by atoms with van der Waals surface area (Å²) in [4.78, 5) is 11.7. The van der Waals surface area contributed by atoms with Gasteiger partial charge in [0.2, 0.25) is 5.91 Å². The predicted molar refractivity (Wildman–Crippen MR) is 84.0 cm³/mol. The van der Waals surface area contributed by atoms with Crippen LogP contribution >= 0.6 is 11.6 Å². The molecule has 0 saturated carbocycles. The molecule has 126 valence electrons. The SMILES string of the molecule is O=C(Cc1cccc(C(F)(F)F)c1)N/N=C/c1cc(Cl)ccc1O. The van der Waals surface area contributed by atoms with Crippen LogP contribution in [0.5, 0.6) is 5.75 Å². The van der Waals surface area contributed by atoms with E-state index in [0.717, 1.165) is 12.1 Å². The lowest BCUT2D eigenvalue weighted by Gasteiger charge is -2.08. The monoisotopic (exact) mass is 356 g/mol. The first-order valence-corrected chi connectivity index (χ1v) is 7.10. The highest BCUT2D eigenvalue weighted by molar-refractivity contribution is 6.30. The van der Waals surface area contributed by atoms with Gasteiger partial charge in [-0.2, -0.15) is 18.3 Å². The summed E-state index contributed by atoms with van der Waals surface area (Å²) in [5.74, 6) is -0.664. The lowest BCUT2D eigenvalue weighted by Crippen LogP contribution is -2.20. The summed E-state index contributed by atoms with van der Waals surface area (Å²) in [5.41, 5.74) is 1.86. The number of alkyl halides is 3. The average Bonchev–Trinajstić information content (AvgIpc) is 2.50. The number of halogens is 4. The maximum absolute atomic E-state index is 12.6. The normalized spacial score (nSPS) is 11.7. The molecule has 24 heavy (non-hydrogen) atoms. The molecule has 0 heterocycles. The second kappa shape index (κ2) is 7.35. The van der Waals surface area contributed by atoms with E-state index in [9.17, 15) is 23.1 Å². The molecule has 0 unspecified atom stereocenters. The summed E-state index contributed by atoms with van der Waals surface area (Å²) in [6, 6.07) is 8.79. The highest BCUT2D eigenvalue weighted by atomic mass is 35.5. The van der Waals surface area contributed by atoms with Crippen LogP contribution in [0.25, 0.3) is 0 Å². The van der Waals surface area contributed by atoms with Crippen LogP contribution in [-0.4, -0.2) is 17.2 Å². The number of carbonyl (C=O) groups is 1. The van der Waals surface area contributed by atoms with E-state index in [0.29, 0.717) is 10.6 Å². The van der Waals surface area contributed by atoms with Crippen LogP contribution in [0.4, 0.5) is 13.2 Å². The predicted octanol–water partition coefficient (Wildman–Crippen LogP) is 3.76. The van der Waals surface area contributed by atoms with E-state index in [1.807, 2.05) is 0 Å². The number of nitrogens with one attached hydrogen (secondary N) is 1. The van der Waals surface area contributed by atoms with Gasteiger partial charge in [0.25, 0.3) is 0 Å². The first kappa shape index (κ1) is 17.8.